The summed E-state index contributed by atoms with van der Waals surface area (Å²) < 4.78 is 77.0. The van der Waals surface area contributed by atoms with Crippen molar-refractivity contribution in [1.82, 2.24) is 14.5 Å². The molecule has 0 spiro atoms. The molecule has 0 unspecified atom stereocenters. The Labute approximate surface area is 431 Å². The number of amides is 4. The summed E-state index contributed by atoms with van der Waals surface area (Å²) in [6.45, 7) is 11.1. The van der Waals surface area contributed by atoms with Gasteiger partial charge >= 0.3 is 0 Å². The number of rotatable bonds is 15. The van der Waals surface area contributed by atoms with Crippen LogP contribution in [0.3, 0.4) is 0 Å². The molecule has 0 aliphatic rings. The van der Waals surface area contributed by atoms with E-state index in [0.717, 1.165) is 11.1 Å². The topological polar surface area (TPSA) is 205 Å². The molecule has 6 rings (SSSR count). The smallest absolute Gasteiger partial charge is 0.261 e. The summed E-state index contributed by atoms with van der Waals surface area (Å²) in [4.78, 5) is 55.0. The number of halogens is 3. The van der Waals surface area contributed by atoms with E-state index in [4.69, 9.17) is 16.4 Å². The first kappa shape index (κ1) is 58.7. The van der Waals surface area contributed by atoms with Gasteiger partial charge in [-0.05, 0) is 150 Å². The van der Waals surface area contributed by atoms with Crippen LogP contribution in [0, 0.1) is 11.6 Å². The van der Waals surface area contributed by atoms with Crippen LogP contribution in [0.2, 0.25) is 0 Å². The Morgan fingerprint density at radius 2 is 0.849 bits per heavy atom. The van der Waals surface area contributed by atoms with Gasteiger partial charge in [0.15, 0.2) is 0 Å². The number of carbonyl (C=O) groups is 4. The molecule has 2 atom stereocenters. The molecule has 0 saturated carbocycles. The summed E-state index contributed by atoms with van der Waals surface area (Å²) >= 11 is 0. The summed E-state index contributed by atoms with van der Waals surface area (Å²) in [5, 5.41) is 5.48. The largest absolute Gasteiger partial charge is 0.329 e. The van der Waals surface area contributed by atoms with Crippen LogP contribution in [0.25, 0.3) is 0 Å². The highest BCUT2D eigenvalue weighted by Gasteiger charge is 2.30. The highest BCUT2D eigenvalue weighted by Crippen LogP contribution is 2.22. The summed E-state index contributed by atoms with van der Waals surface area (Å²) in [7, 11) is 0.737. The molecule has 0 saturated heterocycles. The maximum atomic E-state index is 13.3. The van der Waals surface area contributed by atoms with Gasteiger partial charge in [-0.1, -0.05) is 60.7 Å². The summed E-state index contributed by atoms with van der Waals surface area (Å²) in [5.74, 6) is -2.71. The Bertz CT molecular complexity index is 3010. The number of anilines is 2. The van der Waals surface area contributed by atoms with E-state index in [-0.39, 0.29) is 39.3 Å². The van der Waals surface area contributed by atoms with Gasteiger partial charge in [0.2, 0.25) is 21.8 Å². The third kappa shape index (κ3) is 19.6. The van der Waals surface area contributed by atoms with E-state index in [1.807, 2.05) is 81.4 Å². The lowest BCUT2D eigenvalue weighted by molar-refractivity contribution is -0.120. The average molecular weight is 1060 g/mol. The number of nitrogens with zero attached hydrogens (tertiary/aromatic N) is 2. The van der Waals surface area contributed by atoms with Crippen molar-refractivity contribution in [2.24, 2.45) is 5.73 Å². The van der Waals surface area contributed by atoms with Crippen LogP contribution < -0.4 is 21.1 Å². The van der Waals surface area contributed by atoms with Gasteiger partial charge in [-0.25, -0.2) is 30.3 Å². The molecule has 388 valence electrons. The Kier molecular flexibility index (Phi) is 20.7. The minimum absolute atomic E-state index is 0. The van der Waals surface area contributed by atoms with E-state index in [2.05, 4.69) is 15.4 Å². The van der Waals surface area contributed by atoms with Gasteiger partial charge in [0.1, 0.15) is 23.7 Å². The van der Waals surface area contributed by atoms with E-state index in [1.54, 1.807) is 20.8 Å². The zero-order valence-electron chi connectivity index (χ0n) is 41.8. The summed E-state index contributed by atoms with van der Waals surface area (Å²) in [5.41, 5.74) is 7.64. The van der Waals surface area contributed by atoms with Crippen LogP contribution in [0.5, 0.6) is 0 Å². The van der Waals surface area contributed by atoms with E-state index in [9.17, 15) is 44.8 Å². The molecule has 4 amide bonds. The Hall–Kier alpha value is -6.83. The van der Waals surface area contributed by atoms with Gasteiger partial charge in [-0.3, -0.25) is 19.2 Å². The molecule has 0 radical (unpaired) electrons. The molecule has 6 aromatic carbocycles. The van der Waals surface area contributed by atoms with E-state index in [1.165, 1.54) is 121 Å². The zero-order chi connectivity index (χ0) is 54.3. The zero-order valence-corrected chi connectivity index (χ0v) is 44.2. The fourth-order valence-corrected chi connectivity index (χ4v) is 8.88. The standard InChI is InChI=1S/C27H30FN3O4S.C23H20ClFN2O4S.C4H11N/c1-27(2,3)30-36(34,35)23-16-14-22(15-17-23)29-25(32)24(18-19-8-6-5-7-9-19)31(4)26(33)20-10-12-21(28)13-11-20;1-27(23(29)17-7-9-18(25)10-8-17)21(15-16-5-3-2-4-6-16)22(28)26-19-11-13-20(14-12-19)32(24,30)31;1-4(2,3)5/h5-17,24,30H,18H2,1-4H3,(H,29,32);2-14,21H,15H2,1H3,(H,26,28);5H2,1-3H3/t24-;21-;/m00./s1. The number of benzene rings is 6. The van der Waals surface area contributed by atoms with Crippen molar-refractivity contribution in [1.29, 1.82) is 0 Å². The predicted molar refractivity (Wildman–Crippen MR) is 282 cm³/mol. The Morgan fingerprint density at radius 3 is 1.15 bits per heavy atom. The molecule has 73 heavy (non-hydrogen) atoms. The second-order valence-electron chi connectivity index (χ2n) is 18.9. The van der Waals surface area contributed by atoms with Gasteiger partial charge in [-0.15, -0.1) is 0 Å². The maximum absolute atomic E-state index is 13.3. The van der Waals surface area contributed by atoms with Crippen LogP contribution in [0.1, 0.15) is 73.4 Å². The number of carbonyl (C=O) groups excluding carboxylic acids is 4. The monoisotopic (exact) mass is 1060 g/mol. The molecular formula is C54H61ClF2N6O8S2. The van der Waals surface area contributed by atoms with Crippen molar-refractivity contribution in [3.05, 3.63) is 192 Å². The molecule has 19 heteroatoms. The quantitative estimate of drug-likeness (QED) is 0.0723. The molecule has 14 nitrogen and oxygen atoms in total. The van der Waals surface area contributed by atoms with Crippen molar-refractivity contribution in [3.63, 3.8) is 0 Å². The third-order valence-corrected chi connectivity index (χ3v) is 13.3. The van der Waals surface area contributed by atoms with Gasteiger partial charge in [-0.2, -0.15) is 0 Å². The van der Waals surface area contributed by atoms with Crippen molar-refractivity contribution < 1.29 is 44.8 Å². The molecule has 0 heterocycles. The number of nitrogens with one attached hydrogen (secondary N) is 3. The molecule has 0 bridgehead atoms. The highest BCUT2D eigenvalue weighted by molar-refractivity contribution is 8.13. The van der Waals surface area contributed by atoms with E-state index < -0.39 is 72.0 Å². The fourth-order valence-electron chi connectivity index (χ4n) is 6.69. The van der Waals surface area contributed by atoms with Gasteiger partial charge in [0.05, 0.1) is 9.79 Å². The first-order chi connectivity index (χ1) is 34.0. The molecule has 6 aromatic rings. The molecule has 0 aliphatic heterocycles. The number of hydrogen-bond donors (Lipinski definition) is 4. The first-order valence-electron chi connectivity index (χ1n) is 22.7. The van der Waals surface area contributed by atoms with Crippen LogP contribution in [-0.4, -0.2) is 87.5 Å². The van der Waals surface area contributed by atoms with Crippen molar-refractivity contribution >= 4 is 64.8 Å². The highest BCUT2D eigenvalue weighted by atomic mass is 35.7. The van der Waals surface area contributed by atoms with Crippen LogP contribution in [0.15, 0.2) is 168 Å². The van der Waals surface area contributed by atoms with Gasteiger partial charge in [0, 0.05) is 71.2 Å². The van der Waals surface area contributed by atoms with Gasteiger partial charge < -0.3 is 26.2 Å². The molecule has 0 aromatic heterocycles. The number of likely N-dealkylation sites (N-methyl/N-ethyl adjacent to an activating group) is 2. The molecule has 0 fully saturated rings. The summed E-state index contributed by atoms with van der Waals surface area (Å²) in [6.07, 6.45) is 0.488. The molecular weight excluding hydrogens is 998 g/mol. The minimum atomic E-state index is -3.88. The van der Waals surface area contributed by atoms with Crippen molar-refractivity contribution in [2.75, 3.05) is 24.7 Å². The Morgan fingerprint density at radius 1 is 0.534 bits per heavy atom. The van der Waals surface area contributed by atoms with Crippen LogP contribution in [0.4, 0.5) is 20.2 Å². The average Bonchev–Trinajstić information content (AvgIpc) is 3.31. The second-order valence-corrected chi connectivity index (χ2v) is 23.2. The SMILES string of the molecule is CC(C)(C)N.CN(C(=O)c1ccc(F)cc1)[C@@H](Cc1ccccc1)C(=O)Nc1ccc(S(=O)(=O)Cl)cc1.CN(C(=O)c1ccc(F)cc1)[C@@H](Cc1ccccc1)C(=O)Nc1ccc(S(=O)(=O)NC(C)(C)C)cc1. The van der Waals surface area contributed by atoms with E-state index >= 15 is 0 Å². The molecule has 5 N–H and O–H groups in total. The second kappa shape index (κ2) is 25.7. The van der Waals surface area contributed by atoms with Gasteiger partial charge in [0.25, 0.3) is 20.9 Å². The Balaban J connectivity index is 0.000000291. The maximum Gasteiger partial charge on any atom is 0.261 e. The first-order valence-corrected chi connectivity index (χ1v) is 26.5. The number of hydrogen-bond acceptors (Lipinski definition) is 9. The molecule has 0 aliphatic carbocycles. The summed E-state index contributed by atoms with van der Waals surface area (Å²) in [6, 6.07) is 38.1. The lowest BCUT2D eigenvalue weighted by Gasteiger charge is -2.28. The minimum Gasteiger partial charge on any atom is -0.329 e. The lowest BCUT2D eigenvalue weighted by atomic mass is 10.0. The fraction of sp³-hybridized carbons (Fsp3) is 0.259. The normalized spacial score (nSPS) is 12.3. The predicted octanol–water partition coefficient (Wildman–Crippen LogP) is 9.04. The van der Waals surface area contributed by atoms with Crippen LogP contribution in [-0.2, 0) is 41.5 Å². The van der Waals surface area contributed by atoms with E-state index in [0.29, 0.717) is 11.4 Å². The van der Waals surface area contributed by atoms with Crippen molar-refractivity contribution in [2.45, 2.75) is 87.3 Å². The van der Waals surface area contributed by atoms with Crippen molar-refractivity contribution in [3.8, 4) is 0 Å². The van der Waals surface area contributed by atoms with Crippen LogP contribution >= 0.6 is 10.7 Å². The number of sulfonamides is 1. The lowest BCUT2D eigenvalue weighted by Crippen LogP contribution is -2.46. The third-order valence-electron chi connectivity index (χ3n) is 10.2. The number of nitrogens with two attached hydrogens (primary N) is 1.